The fourth-order valence-electron chi connectivity index (χ4n) is 4.41. The van der Waals surface area contributed by atoms with Gasteiger partial charge >= 0.3 is 0 Å². The molecule has 1 N–H and O–H groups in total. The Hall–Kier alpha value is -2.26. The van der Waals surface area contributed by atoms with Gasteiger partial charge in [-0.1, -0.05) is 0 Å². The van der Waals surface area contributed by atoms with E-state index in [1.54, 1.807) is 0 Å². The molecular formula is C19H25N5O3S. The van der Waals surface area contributed by atoms with Crippen LogP contribution in [-0.2, 0) is 14.9 Å². The number of carbonyl (C=O) groups excluding carboxylic acids is 2. The van der Waals surface area contributed by atoms with Crippen LogP contribution in [0.2, 0.25) is 0 Å². The summed E-state index contributed by atoms with van der Waals surface area (Å²) in [7, 11) is 1.53. The Balaban J connectivity index is 1.62. The number of carbonyl (C=O) groups is 2. The standard InChI is InChI=1S/C19H25N5O3S/c1-12-4-5-15(28-12)17(26)24-9-14-8-23(16(25)10-27-3)7-6-19(14,11-24)18-20-13(2)21-22-18/h4-5,14H,6-11H2,1-3H3,(H,20,21,22)/t14-,19-/m1/s1. The van der Waals surface area contributed by atoms with E-state index in [1.807, 2.05) is 35.8 Å². The molecule has 2 atom stereocenters. The van der Waals surface area contributed by atoms with Gasteiger partial charge in [0.1, 0.15) is 12.4 Å². The van der Waals surface area contributed by atoms with Crippen molar-refractivity contribution < 1.29 is 14.3 Å². The zero-order valence-electron chi connectivity index (χ0n) is 16.4. The largest absolute Gasteiger partial charge is 0.375 e. The van der Waals surface area contributed by atoms with E-state index >= 15 is 0 Å². The van der Waals surface area contributed by atoms with Crippen LogP contribution in [0.3, 0.4) is 0 Å². The Morgan fingerprint density at radius 3 is 2.75 bits per heavy atom. The van der Waals surface area contributed by atoms with Crippen LogP contribution in [0.4, 0.5) is 0 Å². The van der Waals surface area contributed by atoms with Gasteiger partial charge in [-0.15, -0.1) is 11.3 Å². The first-order chi connectivity index (χ1) is 13.4. The average Bonchev–Trinajstić information content (AvgIpc) is 3.39. The number of ether oxygens (including phenoxy) is 1. The number of hydrogen-bond donors (Lipinski definition) is 1. The highest BCUT2D eigenvalue weighted by molar-refractivity contribution is 7.13. The molecule has 0 radical (unpaired) electrons. The minimum atomic E-state index is -0.323. The fourth-order valence-corrected chi connectivity index (χ4v) is 5.25. The van der Waals surface area contributed by atoms with Crippen LogP contribution in [0.15, 0.2) is 12.1 Å². The van der Waals surface area contributed by atoms with E-state index in [4.69, 9.17) is 4.74 Å². The number of aryl methyl sites for hydroxylation is 2. The van der Waals surface area contributed by atoms with Crippen LogP contribution < -0.4 is 0 Å². The van der Waals surface area contributed by atoms with Crippen molar-refractivity contribution in [2.24, 2.45) is 5.92 Å². The first-order valence-corrected chi connectivity index (χ1v) is 10.3. The highest BCUT2D eigenvalue weighted by Gasteiger charge is 2.54. The lowest BCUT2D eigenvalue weighted by atomic mass is 9.72. The molecule has 2 amide bonds. The highest BCUT2D eigenvalue weighted by atomic mass is 32.1. The van der Waals surface area contributed by atoms with Gasteiger partial charge in [-0.2, -0.15) is 5.10 Å². The maximum atomic E-state index is 13.1. The molecule has 9 heteroatoms. The summed E-state index contributed by atoms with van der Waals surface area (Å²) in [6, 6.07) is 3.86. The van der Waals surface area contributed by atoms with Crippen molar-refractivity contribution in [2.75, 3.05) is 39.9 Å². The Morgan fingerprint density at radius 1 is 1.32 bits per heavy atom. The van der Waals surface area contributed by atoms with Crippen LogP contribution in [0.1, 0.15) is 32.6 Å². The zero-order valence-corrected chi connectivity index (χ0v) is 17.2. The molecule has 4 rings (SSSR count). The average molecular weight is 404 g/mol. The molecule has 28 heavy (non-hydrogen) atoms. The molecule has 2 aromatic heterocycles. The van der Waals surface area contributed by atoms with Crippen LogP contribution in [0.5, 0.6) is 0 Å². The summed E-state index contributed by atoms with van der Waals surface area (Å²) in [5.74, 6) is 1.66. The van der Waals surface area contributed by atoms with E-state index in [0.29, 0.717) is 26.2 Å². The molecule has 2 saturated heterocycles. The molecule has 0 aromatic carbocycles. The third-order valence-electron chi connectivity index (χ3n) is 5.87. The molecule has 2 aliphatic rings. The summed E-state index contributed by atoms with van der Waals surface area (Å²) < 4.78 is 5.02. The summed E-state index contributed by atoms with van der Waals surface area (Å²) in [4.78, 5) is 35.7. The lowest BCUT2D eigenvalue weighted by molar-refractivity contribution is -0.137. The van der Waals surface area contributed by atoms with E-state index < -0.39 is 0 Å². The van der Waals surface area contributed by atoms with E-state index in [1.165, 1.54) is 18.4 Å². The normalized spacial score (nSPS) is 24.5. The predicted molar refractivity (Wildman–Crippen MR) is 104 cm³/mol. The first-order valence-electron chi connectivity index (χ1n) is 9.45. The summed E-state index contributed by atoms with van der Waals surface area (Å²) in [5, 5.41) is 7.39. The number of thiophene rings is 1. The van der Waals surface area contributed by atoms with Crippen molar-refractivity contribution in [3.05, 3.63) is 33.5 Å². The number of aromatic nitrogens is 3. The lowest BCUT2D eigenvalue weighted by Crippen LogP contribution is -2.52. The summed E-state index contributed by atoms with van der Waals surface area (Å²) in [6.45, 7) is 6.34. The van der Waals surface area contributed by atoms with Crippen molar-refractivity contribution in [1.82, 2.24) is 25.0 Å². The Morgan fingerprint density at radius 2 is 2.11 bits per heavy atom. The summed E-state index contributed by atoms with van der Waals surface area (Å²) in [5.41, 5.74) is -0.323. The third kappa shape index (κ3) is 3.22. The molecule has 150 valence electrons. The molecule has 4 heterocycles. The monoisotopic (exact) mass is 403 g/mol. The SMILES string of the molecule is COCC(=O)N1CC[C@@]2(c3n[nH]c(C)n3)CN(C(=O)c3ccc(C)s3)C[C@H]2C1. The molecule has 0 spiro atoms. The van der Waals surface area contributed by atoms with Crippen LogP contribution in [0.25, 0.3) is 0 Å². The number of H-pyrrole nitrogens is 1. The van der Waals surface area contributed by atoms with Crippen molar-refractivity contribution in [3.63, 3.8) is 0 Å². The van der Waals surface area contributed by atoms with Crippen molar-refractivity contribution in [3.8, 4) is 0 Å². The minimum Gasteiger partial charge on any atom is -0.375 e. The highest BCUT2D eigenvalue weighted by Crippen LogP contribution is 2.44. The Labute approximate surface area is 167 Å². The zero-order chi connectivity index (χ0) is 19.9. The topological polar surface area (TPSA) is 91.4 Å². The van der Waals surface area contributed by atoms with Gasteiger partial charge in [0.05, 0.1) is 10.3 Å². The second-order valence-electron chi connectivity index (χ2n) is 7.72. The smallest absolute Gasteiger partial charge is 0.263 e. The maximum Gasteiger partial charge on any atom is 0.263 e. The molecular weight excluding hydrogens is 378 g/mol. The Bertz CT molecular complexity index is 894. The molecule has 0 bridgehead atoms. The number of methoxy groups -OCH3 is 1. The number of rotatable bonds is 4. The molecule has 0 saturated carbocycles. The van der Waals surface area contributed by atoms with Gasteiger partial charge in [0.2, 0.25) is 5.91 Å². The van der Waals surface area contributed by atoms with Gasteiger partial charge in [0.25, 0.3) is 5.91 Å². The number of likely N-dealkylation sites (tertiary alicyclic amines) is 2. The van der Waals surface area contributed by atoms with Crippen LogP contribution in [-0.4, -0.2) is 76.7 Å². The Kier molecular flexibility index (Phi) is 4.96. The van der Waals surface area contributed by atoms with E-state index in [0.717, 1.165) is 27.8 Å². The van der Waals surface area contributed by atoms with Gasteiger partial charge in [-0.3, -0.25) is 14.7 Å². The minimum absolute atomic E-state index is 0.0130. The summed E-state index contributed by atoms with van der Waals surface area (Å²) in [6.07, 6.45) is 0.734. The van der Waals surface area contributed by atoms with E-state index in [9.17, 15) is 9.59 Å². The first kappa shape index (κ1) is 19.1. The molecule has 0 aliphatic carbocycles. The lowest BCUT2D eigenvalue weighted by Gasteiger charge is -2.41. The second-order valence-corrected chi connectivity index (χ2v) is 9.00. The molecule has 2 aliphatic heterocycles. The van der Waals surface area contributed by atoms with Crippen molar-refractivity contribution in [1.29, 1.82) is 0 Å². The molecule has 0 unspecified atom stereocenters. The van der Waals surface area contributed by atoms with Gasteiger partial charge in [0.15, 0.2) is 5.82 Å². The number of piperidine rings is 1. The summed E-state index contributed by atoms with van der Waals surface area (Å²) >= 11 is 1.52. The van der Waals surface area contributed by atoms with Gasteiger partial charge in [-0.25, -0.2) is 4.98 Å². The predicted octanol–water partition coefficient (Wildman–Crippen LogP) is 1.37. The third-order valence-corrected chi connectivity index (χ3v) is 6.85. The van der Waals surface area contributed by atoms with Gasteiger partial charge < -0.3 is 14.5 Å². The van der Waals surface area contributed by atoms with Crippen molar-refractivity contribution >= 4 is 23.2 Å². The maximum absolute atomic E-state index is 13.1. The van der Waals surface area contributed by atoms with E-state index in [-0.39, 0.29) is 29.8 Å². The second kappa shape index (κ2) is 7.29. The number of nitrogens with zero attached hydrogens (tertiary/aromatic N) is 4. The quantitative estimate of drug-likeness (QED) is 0.833. The molecule has 2 fully saturated rings. The van der Waals surface area contributed by atoms with Gasteiger partial charge in [0, 0.05) is 44.1 Å². The number of fused-ring (bicyclic) bond motifs is 1. The number of amides is 2. The number of hydrogen-bond acceptors (Lipinski definition) is 6. The van der Waals surface area contributed by atoms with Crippen LogP contribution in [0, 0.1) is 19.8 Å². The number of nitrogens with one attached hydrogen (secondary N) is 1. The number of aromatic amines is 1. The fraction of sp³-hybridized carbons (Fsp3) is 0.579. The van der Waals surface area contributed by atoms with E-state index in [2.05, 4.69) is 15.2 Å². The van der Waals surface area contributed by atoms with Crippen molar-refractivity contribution in [2.45, 2.75) is 25.7 Å². The molecule has 8 nitrogen and oxygen atoms in total. The molecule has 2 aromatic rings. The van der Waals surface area contributed by atoms with Crippen LogP contribution >= 0.6 is 11.3 Å². The van der Waals surface area contributed by atoms with Gasteiger partial charge in [-0.05, 0) is 32.4 Å².